The number of thioether (sulfide) groups is 1. The molecule has 0 radical (unpaired) electrons. The smallest absolute Gasteiger partial charge is 0.313 e. The number of benzene rings is 2. The Bertz CT molecular complexity index is 836. The third-order valence-electron chi connectivity index (χ3n) is 5.15. The van der Waals surface area contributed by atoms with E-state index in [1.807, 2.05) is 0 Å². The number of nitrogens with one attached hydrogen (secondary N) is 2. The fourth-order valence-electron chi connectivity index (χ4n) is 3.46. The van der Waals surface area contributed by atoms with Crippen molar-refractivity contribution in [1.82, 2.24) is 10.2 Å². The first-order valence-electron chi connectivity index (χ1n) is 9.74. The van der Waals surface area contributed by atoms with Crippen molar-refractivity contribution in [3.8, 4) is 0 Å². The number of piperidine rings is 1. The summed E-state index contributed by atoms with van der Waals surface area (Å²) in [5.74, 6) is -1.42. The monoisotopic (exact) mass is 415 g/mol. The van der Waals surface area contributed by atoms with E-state index in [4.69, 9.17) is 0 Å². The van der Waals surface area contributed by atoms with Gasteiger partial charge < -0.3 is 10.6 Å². The molecule has 5 nitrogen and oxygen atoms in total. The molecule has 1 aliphatic heterocycles. The van der Waals surface area contributed by atoms with Crippen LogP contribution in [0.25, 0.3) is 0 Å². The zero-order valence-electron chi connectivity index (χ0n) is 16.5. The Morgan fingerprint density at radius 1 is 1.07 bits per heavy atom. The number of anilines is 1. The van der Waals surface area contributed by atoms with Crippen molar-refractivity contribution in [3.63, 3.8) is 0 Å². The fourth-order valence-corrected chi connectivity index (χ4v) is 4.07. The van der Waals surface area contributed by atoms with Gasteiger partial charge in [-0.25, -0.2) is 4.39 Å². The minimum Gasteiger partial charge on any atom is -0.348 e. The Labute approximate surface area is 175 Å². The summed E-state index contributed by atoms with van der Waals surface area (Å²) in [6.07, 6.45) is 4.07. The maximum Gasteiger partial charge on any atom is 0.313 e. The van der Waals surface area contributed by atoms with E-state index in [0.29, 0.717) is 18.2 Å². The molecule has 154 valence electrons. The molecule has 2 N–H and O–H groups in total. The molecule has 1 heterocycles. The van der Waals surface area contributed by atoms with Gasteiger partial charge >= 0.3 is 11.8 Å². The number of likely N-dealkylation sites (tertiary alicyclic amines) is 1. The molecule has 0 atom stereocenters. The summed E-state index contributed by atoms with van der Waals surface area (Å²) in [7, 11) is 0. The SMILES string of the molecule is CSc1ccccc1CN1CCC(CNC(=O)C(=O)Nc2ccc(F)cc2)CC1. The maximum atomic E-state index is 12.9. The van der Waals surface area contributed by atoms with Gasteiger partial charge in [0.15, 0.2) is 0 Å². The van der Waals surface area contributed by atoms with Crippen molar-refractivity contribution in [3.05, 3.63) is 59.9 Å². The van der Waals surface area contributed by atoms with Gasteiger partial charge in [0.2, 0.25) is 0 Å². The summed E-state index contributed by atoms with van der Waals surface area (Å²) in [6, 6.07) is 13.8. The molecule has 0 spiro atoms. The lowest BCUT2D eigenvalue weighted by atomic mass is 9.96. The second-order valence-corrected chi connectivity index (χ2v) is 8.05. The number of nitrogens with zero attached hydrogens (tertiary/aromatic N) is 1. The molecule has 0 unspecified atom stereocenters. The molecular weight excluding hydrogens is 389 g/mol. The largest absolute Gasteiger partial charge is 0.348 e. The summed E-state index contributed by atoms with van der Waals surface area (Å²) >= 11 is 1.77. The first-order chi connectivity index (χ1) is 14.0. The molecule has 1 saturated heterocycles. The van der Waals surface area contributed by atoms with Crippen LogP contribution in [0.4, 0.5) is 10.1 Å². The molecule has 0 bridgehead atoms. The summed E-state index contributed by atoms with van der Waals surface area (Å²) in [5.41, 5.74) is 1.74. The molecule has 0 aromatic heterocycles. The minimum absolute atomic E-state index is 0.365. The second-order valence-electron chi connectivity index (χ2n) is 7.20. The maximum absolute atomic E-state index is 12.9. The lowest BCUT2D eigenvalue weighted by molar-refractivity contribution is -0.136. The van der Waals surface area contributed by atoms with Crippen molar-refractivity contribution < 1.29 is 14.0 Å². The van der Waals surface area contributed by atoms with Gasteiger partial charge in [0.1, 0.15) is 5.82 Å². The molecule has 2 aromatic carbocycles. The van der Waals surface area contributed by atoms with Crippen molar-refractivity contribution >= 4 is 29.3 Å². The Morgan fingerprint density at radius 2 is 1.76 bits per heavy atom. The van der Waals surface area contributed by atoms with Crippen LogP contribution in [0.3, 0.4) is 0 Å². The predicted octanol–water partition coefficient (Wildman–Crippen LogP) is 3.51. The average molecular weight is 416 g/mol. The minimum atomic E-state index is -0.734. The Balaban J connectivity index is 1.39. The molecule has 0 saturated carbocycles. The van der Waals surface area contributed by atoms with Crippen LogP contribution < -0.4 is 10.6 Å². The number of amides is 2. The Kier molecular flexibility index (Phi) is 7.66. The van der Waals surface area contributed by atoms with Crippen LogP contribution in [0.1, 0.15) is 18.4 Å². The third kappa shape index (κ3) is 6.30. The van der Waals surface area contributed by atoms with Crippen molar-refractivity contribution in [2.45, 2.75) is 24.3 Å². The molecule has 2 amide bonds. The van der Waals surface area contributed by atoms with E-state index < -0.39 is 17.6 Å². The second kappa shape index (κ2) is 10.4. The zero-order valence-corrected chi connectivity index (χ0v) is 17.3. The fraction of sp³-hybridized carbons (Fsp3) is 0.364. The van der Waals surface area contributed by atoms with Crippen molar-refractivity contribution in [1.29, 1.82) is 0 Å². The lowest BCUT2D eigenvalue weighted by Crippen LogP contribution is -2.41. The van der Waals surface area contributed by atoms with E-state index in [9.17, 15) is 14.0 Å². The third-order valence-corrected chi connectivity index (χ3v) is 5.99. The van der Waals surface area contributed by atoms with Gasteiger partial charge in [0.25, 0.3) is 0 Å². The quantitative estimate of drug-likeness (QED) is 0.560. The number of halogens is 1. The van der Waals surface area contributed by atoms with Crippen LogP contribution in [0, 0.1) is 11.7 Å². The van der Waals surface area contributed by atoms with Gasteiger partial charge in [0.05, 0.1) is 0 Å². The van der Waals surface area contributed by atoms with E-state index >= 15 is 0 Å². The highest BCUT2D eigenvalue weighted by Crippen LogP contribution is 2.24. The molecule has 29 heavy (non-hydrogen) atoms. The van der Waals surface area contributed by atoms with E-state index in [-0.39, 0.29) is 0 Å². The summed E-state index contributed by atoms with van der Waals surface area (Å²) in [4.78, 5) is 27.7. The molecule has 3 rings (SSSR count). The van der Waals surface area contributed by atoms with Gasteiger partial charge in [-0.15, -0.1) is 11.8 Å². The van der Waals surface area contributed by atoms with Gasteiger partial charge in [-0.3, -0.25) is 14.5 Å². The van der Waals surface area contributed by atoms with Crippen LogP contribution in [0.5, 0.6) is 0 Å². The van der Waals surface area contributed by atoms with Gasteiger partial charge in [-0.1, -0.05) is 18.2 Å². The average Bonchev–Trinajstić information content (AvgIpc) is 2.75. The molecular formula is C22H26FN3O2S. The number of hydrogen-bond donors (Lipinski definition) is 2. The normalized spacial score (nSPS) is 15.1. The predicted molar refractivity (Wildman–Crippen MR) is 114 cm³/mol. The van der Waals surface area contributed by atoms with Crippen molar-refractivity contribution in [2.24, 2.45) is 5.92 Å². The number of rotatable bonds is 6. The molecule has 1 fully saturated rings. The van der Waals surface area contributed by atoms with E-state index in [0.717, 1.165) is 32.5 Å². The van der Waals surface area contributed by atoms with E-state index in [1.54, 1.807) is 11.8 Å². The van der Waals surface area contributed by atoms with Crippen LogP contribution >= 0.6 is 11.8 Å². The summed E-state index contributed by atoms with van der Waals surface area (Å²) in [6.45, 7) is 3.39. The van der Waals surface area contributed by atoms with Crippen molar-refractivity contribution in [2.75, 3.05) is 31.2 Å². The number of hydrogen-bond acceptors (Lipinski definition) is 4. The molecule has 0 aliphatic carbocycles. The summed E-state index contributed by atoms with van der Waals surface area (Å²) in [5, 5.41) is 5.19. The highest BCUT2D eigenvalue weighted by molar-refractivity contribution is 7.98. The van der Waals surface area contributed by atoms with Gasteiger partial charge in [0, 0.05) is 23.7 Å². The Morgan fingerprint density at radius 3 is 2.45 bits per heavy atom. The standard InChI is InChI=1S/C22H26FN3O2S/c1-29-20-5-3-2-4-17(20)15-26-12-10-16(11-13-26)14-24-21(27)22(28)25-19-8-6-18(23)7-9-19/h2-9,16H,10-15H2,1H3,(H,24,27)(H,25,28). The number of carbonyl (C=O) groups excluding carboxylic acids is 2. The van der Waals surface area contributed by atoms with Crippen LogP contribution in [-0.2, 0) is 16.1 Å². The van der Waals surface area contributed by atoms with Crippen LogP contribution in [0.2, 0.25) is 0 Å². The number of carbonyl (C=O) groups is 2. The topological polar surface area (TPSA) is 61.4 Å². The van der Waals surface area contributed by atoms with E-state index in [1.165, 1.54) is 34.7 Å². The highest BCUT2D eigenvalue weighted by atomic mass is 32.2. The molecule has 7 heteroatoms. The first kappa shape index (κ1) is 21.3. The lowest BCUT2D eigenvalue weighted by Gasteiger charge is -2.32. The first-order valence-corrected chi connectivity index (χ1v) is 11.0. The summed E-state index contributed by atoms with van der Waals surface area (Å²) < 4.78 is 12.9. The van der Waals surface area contributed by atoms with Gasteiger partial charge in [-0.2, -0.15) is 0 Å². The van der Waals surface area contributed by atoms with Gasteiger partial charge in [-0.05, 0) is 74.0 Å². The molecule has 2 aromatic rings. The van der Waals surface area contributed by atoms with Crippen LogP contribution in [0.15, 0.2) is 53.4 Å². The Hall–Kier alpha value is -2.38. The zero-order chi connectivity index (χ0) is 20.6. The molecule has 1 aliphatic rings. The van der Waals surface area contributed by atoms with Crippen LogP contribution in [-0.4, -0.2) is 42.6 Å². The van der Waals surface area contributed by atoms with E-state index in [2.05, 4.69) is 46.1 Å². The highest BCUT2D eigenvalue weighted by Gasteiger charge is 2.22.